The number of amides is 1. The van der Waals surface area contributed by atoms with Crippen molar-refractivity contribution in [1.29, 1.82) is 0 Å². The van der Waals surface area contributed by atoms with Crippen molar-refractivity contribution in [2.45, 2.75) is 12.3 Å². The molecule has 1 amide bonds. The Hall–Kier alpha value is -2.56. The summed E-state index contributed by atoms with van der Waals surface area (Å²) in [6, 6.07) is 18.8. The van der Waals surface area contributed by atoms with Gasteiger partial charge in [-0.1, -0.05) is 53.5 Å². The smallest absolute Gasteiger partial charge is 0.243 e. The van der Waals surface area contributed by atoms with Gasteiger partial charge in [-0.05, 0) is 48.2 Å². The van der Waals surface area contributed by atoms with Crippen molar-refractivity contribution in [3.63, 3.8) is 0 Å². The van der Waals surface area contributed by atoms with E-state index in [1.54, 1.807) is 30.3 Å². The Bertz CT molecular complexity index is 998. The molecule has 1 aliphatic carbocycles. The van der Waals surface area contributed by atoms with Gasteiger partial charge in [0.05, 0.1) is 11.2 Å². The SMILES string of the molecule is O=C(N/N=C\c1ccc(-c2cc(Cl)ccc2Cl)o1)[C@H]1C[C@@H]1c1ccccc1. The second-order valence-corrected chi connectivity index (χ2v) is 7.26. The van der Waals surface area contributed by atoms with E-state index >= 15 is 0 Å². The van der Waals surface area contributed by atoms with Crippen molar-refractivity contribution in [3.05, 3.63) is 82.0 Å². The molecule has 2 aromatic carbocycles. The molecule has 1 fully saturated rings. The standard InChI is InChI=1S/C21H16Cl2N2O2/c22-14-6-8-19(23)18(10-14)20-9-7-15(27-20)12-24-25-21(26)17-11-16(17)13-4-2-1-3-5-13/h1-10,12,16-17H,11H2,(H,25,26)/b24-12-/t16-,17+/m1/s1. The molecule has 1 aliphatic rings. The van der Waals surface area contributed by atoms with Crippen LogP contribution in [0.2, 0.25) is 10.0 Å². The summed E-state index contributed by atoms with van der Waals surface area (Å²) in [6.07, 6.45) is 2.32. The zero-order valence-corrected chi connectivity index (χ0v) is 15.7. The van der Waals surface area contributed by atoms with E-state index < -0.39 is 0 Å². The number of benzene rings is 2. The molecule has 4 rings (SSSR count). The van der Waals surface area contributed by atoms with Crippen molar-refractivity contribution in [2.24, 2.45) is 11.0 Å². The summed E-state index contributed by atoms with van der Waals surface area (Å²) in [4.78, 5) is 12.2. The summed E-state index contributed by atoms with van der Waals surface area (Å²) in [5.74, 6) is 1.27. The number of rotatable bonds is 5. The summed E-state index contributed by atoms with van der Waals surface area (Å²) in [7, 11) is 0. The average molecular weight is 399 g/mol. The molecule has 27 heavy (non-hydrogen) atoms. The number of hydrogen-bond acceptors (Lipinski definition) is 3. The van der Waals surface area contributed by atoms with E-state index in [1.165, 1.54) is 11.8 Å². The molecule has 1 heterocycles. The van der Waals surface area contributed by atoms with Gasteiger partial charge < -0.3 is 4.42 Å². The first-order chi connectivity index (χ1) is 13.1. The number of hydrazone groups is 1. The van der Waals surface area contributed by atoms with Gasteiger partial charge in [0.1, 0.15) is 11.5 Å². The van der Waals surface area contributed by atoms with Crippen LogP contribution in [0.25, 0.3) is 11.3 Å². The zero-order valence-electron chi connectivity index (χ0n) is 14.2. The van der Waals surface area contributed by atoms with Crippen LogP contribution in [0.4, 0.5) is 0 Å². The molecule has 1 saturated carbocycles. The first-order valence-electron chi connectivity index (χ1n) is 8.55. The number of halogens is 2. The minimum atomic E-state index is -0.0789. The van der Waals surface area contributed by atoms with Crippen molar-refractivity contribution in [2.75, 3.05) is 0 Å². The van der Waals surface area contributed by atoms with Crippen LogP contribution in [0.1, 0.15) is 23.7 Å². The lowest BCUT2D eigenvalue weighted by atomic mass is 10.1. The fraction of sp³-hybridized carbons (Fsp3) is 0.143. The van der Waals surface area contributed by atoms with Crippen LogP contribution in [-0.4, -0.2) is 12.1 Å². The first kappa shape index (κ1) is 17.8. The maximum atomic E-state index is 12.2. The van der Waals surface area contributed by atoms with Gasteiger partial charge >= 0.3 is 0 Å². The van der Waals surface area contributed by atoms with E-state index in [0.29, 0.717) is 27.1 Å². The number of nitrogens with zero attached hydrogens (tertiary/aromatic N) is 1. The number of carbonyl (C=O) groups is 1. The van der Waals surface area contributed by atoms with Crippen LogP contribution in [0.15, 0.2) is 70.2 Å². The Morgan fingerprint density at radius 1 is 1.11 bits per heavy atom. The molecule has 0 radical (unpaired) electrons. The molecule has 0 spiro atoms. The number of hydrogen-bond donors (Lipinski definition) is 1. The minimum absolute atomic E-state index is 0.0259. The molecule has 1 aromatic heterocycles. The fourth-order valence-corrected chi connectivity index (χ4v) is 3.43. The Kier molecular flexibility index (Phi) is 5.01. The largest absolute Gasteiger partial charge is 0.455 e. The van der Waals surface area contributed by atoms with E-state index in [9.17, 15) is 4.79 Å². The molecule has 136 valence electrons. The maximum Gasteiger partial charge on any atom is 0.243 e. The molecule has 2 atom stereocenters. The van der Waals surface area contributed by atoms with Crippen LogP contribution in [0, 0.1) is 5.92 Å². The van der Waals surface area contributed by atoms with Gasteiger partial charge in [-0.15, -0.1) is 0 Å². The maximum absolute atomic E-state index is 12.2. The summed E-state index contributed by atoms with van der Waals surface area (Å²) in [6.45, 7) is 0. The lowest BCUT2D eigenvalue weighted by Crippen LogP contribution is -2.20. The van der Waals surface area contributed by atoms with E-state index in [0.717, 1.165) is 6.42 Å². The Morgan fingerprint density at radius 2 is 1.93 bits per heavy atom. The molecule has 0 bridgehead atoms. The van der Waals surface area contributed by atoms with Gasteiger partial charge in [0.2, 0.25) is 5.91 Å². The monoisotopic (exact) mass is 398 g/mol. The lowest BCUT2D eigenvalue weighted by Gasteiger charge is -2.01. The number of nitrogens with one attached hydrogen (secondary N) is 1. The lowest BCUT2D eigenvalue weighted by molar-refractivity contribution is -0.122. The Balaban J connectivity index is 1.36. The third-order valence-electron chi connectivity index (χ3n) is 4.54. The molecular formula is C21H16Cl2N2O2. The number of carbonyl (C=O) groups excluding carboxylic acids is 1. The van der Waals surface area contributed by atoms with Crippen LogP contribution >= 0.6 is 23.2 Å². The van der Waals surface area contributed by atoms with Crippen LogP contribution < -0.4 is 5.43 Å². The van der Waals surface area contributed by atoms with Gasteiger partial charge in [-0.3, -0.25) is 4.79 Å². The van der Waals surface area contributed by atoms with E-state index in [1.807, 2.05) is 30.3 Å². The third-order valence-corrected chi connectivity index (χ3v) is 5.11. The topological polar surface area (TPSA) is 54.6 Å². The highest BCUT2D eigenvalue weighted by molar-refractivity contribution is 6.35. The van der Waals surface area contributed by atoms with Gasteiger partial charge in [0, 0.05) is 16.5 Å². The quantitative estimate of drug-likeness (QED) is 0.455. The highest BCUT2D eigenvalue weighted by atomic mass is 35.5. The zero-order chi connectivity index (χ0) is 18.8. The van der Waals surface area contributed by atoms with E-state index in [-0.39, 0.29) is 17.7 Å². The summed E-state index contributed by atoms with van der Waals surface area (Å²) in [5, 5.41) is 5.12. The molecule has 4 nitrogen and oxygen atoms in total. The van der Waals surface area contributed by atoms with Crippen molar-refractivity contribution in [1.82, 2.24) is 5.43 Å². The molecule has 0 saturated heterocycles. The Morgan fingerprint density at radius 3 is 2.74 bits per heavy atom. The summed E-state index contributed by atoms with van der Waals surface area (Å²) >= 11 is 12.2. The van der Waals surface area contributed by atoms with Crippen molar-refractivity contribution in [3.8, 4) is 11.3 Å². The van der Waals surface area contributed by atoms with Crippen LogP contribution in [-0.2, 0) is 4.79 Å². The summed E-state index contributed by atoms with van der Waals surface area (Å²) in [5.41, 5.74) is 4.48. The summed E-state index contributed by atoms with van der Waals surface area (Å²) < 4.78 is 5.71. The molecular weight excluding hydrogens is 383 g/mol. The second kappa shape index (κ2) is 7.59. The highest BCUT2D eigenvalue weighted by Crippen LogP contribution is 2.47. The predicted octanol–water partition coefficient (Wildman–Crippen LogP) is 5.51. The number of furan rings is 1. The van der Waals surface area contributed by atoms with E-state index in [2.05, 4.69) is 10.5 Å². The van der Waals surface area contributed by atoms with Crippen LogP contribution in [0.5, 0.6) is 0 Å². The average Bonchev–Trinajstić information content (AvgIpc) is 3.36. The van der Waals surface area contributed by atoms with Crippen molar-refractivity contribution < 1.29 is 9.21 Å². The molecule has 1 N–H and O–H groups in total. The van der Waals surface area contributed by atoms with Crippen molar-refractivity contribution >= 4 is 35.3 Å². The van der Waals surface area contributed by atoms with Gasteiger partial charge in [0.15, 0.2) is 0 Å². The van der Waals surface area contributed by atoms with Gasteiger partial charge in [-0.25, -0.2) is 5.43 Å². The molecule has 3 aromatic rings. The van der Waals surface area contributed by atoms with Gasteiger partial charge in [0.25, 0.3) is 0 Å². The van der Waals surface area contributed by atoms with E-state index in [4.69, 9.17) is 27.6 Å². The predicted molar refractivity (Wildman–Crippen MR) is 107 cm³/mol. The normalized spacial score (nSPS) is 18.6. The fourth-order valence-electron chi connectivity index (χ4n) is 3.05. The molecule has 0 aliphatic heterocycles. The van der Waals surface area contributed by atoms with Gasteiger partial charge in [-0.2, -0.15) is 5.10 Å². The minimum Gasteiger partial charge on any atom is -0.455 e. The third kappa shape index (κ3) is 4.07. The molecule has 0 unspecified atom stereocenters. The second-order valence-electron chi connectivity index (χ2n) is 6.42. The highest BCUT2D eigenvalue weighted by Gasteiger charge is 2.43. The van der Waals surface area contributed by atoms with Crippen LogP contribution in [0.3, 0.4) is 0 Å². The Labute approximate surface area is 166 Å². The molecule has 6 heteroatoms. The first-order valence-corrected chi connectivity index (χ1v) is 9.30.